The molecule has 0 aromatic heterocycles. The summed E-state index contributed by atoms with van der Waals surface area (Å²) in [6.45, 7) is 1.47. The van der Waals surface area contributed by atoms with Crippen LogP contribution in [0.15, 0.2) is 22.7 Å². The van der Waals surface area contributed by atoms with Crippen molar-refractivity contribution in [1.82, 2.24) is 5.32 Å². The van der Waals surface area contributed by atoms with E-state index in [0.717, 1.165) is 12.1 Å². The Labute approximate surface area is 110 Å². The molecule has 0 aliphatic carbocycles. The van der Waals surface area contributed by atoms with E-state index in [-0.39, 0.29) is 6.54 Å². The van der Waals surface area contributed by atoms with Crippen LogP contribution in [0.5, 0.6) is 0 Å². The van der Waals surface area contributed by atoms with Gasteiger partial charge in [-0.25, -0.2) is 0 Å². The number of carbonyl (C=O) groups is 1. The van der Waals surface area contributed by atoms with E-state index in [0.29, 0.717) is 10.0 Å². The number of benzene rings is 1. The molecule has 0 amide bonds. The fourth-order valence-electron chi connectivity index (χ4n) is 1.27. The lowest BCUT2D eigenvalue weighted by Crippen LogP contribution is -2.33. The molecule has 0 saturated heterocycles. The number of carboxylic acid groups (broad SMARTS) is 1. The molecule has 1 aromatic carbocycles. The van der Waals surface area contributed by atoms with Crippen LogP contribution >= 0.6 is 15.9 Å². The van der Waals surface area contributed by atoms with Gasteiger partial charge in [0.15, 0.2) is 0 Å². The summed E-state index contributed by atoms with van der Waals surface area (Å²) in [5, 5.41) is 11.3. The predicted molar refractivity (Wildman–Crippen MR) is 63.1 cm³/mol. The Hall–Kier alpha value is -1.08. The van der Waals surface area contributed by atoms with Gasteiger partial charge in [-0.15, -0.1) is 0 Å². The van der Waals surface area contributed by atoms with Gasteiger partial charge < -0.3 is 10.4 Å². The van der Waals surface area contributed by atoms with Crippen molar-refractivity contribution in [2.24, 2.45) is 0 Å². The first kappa shape index (κ1) is 15.0. The van der Waals surface area contributed by atoms with Crippen molar-refractivity contribution in [3.8, 4) is 0 Å². The first-order valence-corrected chi connectivity index (χ1v) is 5.82. The molecule has 0 spiro atoms. The molecule has 1 atom stereocenters. The van der Waals surface area contributed by atoms with E-state index in [9.17, 15) is 18.0 Å². The van der Waals surface area contributed by atoms with Crippen molar-refractivity contribution in [3.63, 3.8) is 0 Å². The van der Waals surface area contributed by atoms with E-state index in [1.807, 2.05) is 0 Å². The average Bonchev–Trinajstić information content (AvgIpc) is 2.23. The van der Waals surface area contributed by atoms with Crippen molar-refractivity contribution in [1.29, 1.82) is 0 Å². The minimum atomic E-state index is -4.42. The number of carboxylic acids is 1. The normalized spacial score (nSPS) is 13.4. The van der Waals surface area contributed by atoms with Gasteiger partial charge in [-0.05, 0) is 30.7 Å². The summed E-state index contributed by atoms with van der Waals surface area (Å²) in [6, 6.07) is 2.66. The lowest BCUT2D eigenvalue weighted by molar-refractivity contribution is -0.139. The molecule has 0 aliphatic rings. The Morgan fingerprint density at radius 1 is 1.44 bits per heavy atom. The monoisotopic (exact) mass is 325 g/mol. The smallest absolute Gasteiger partial charge is 0.416 e. The number of hydrogen-bond donors (Lipinski definition) is 2. The van der Waals surface area contributed by atoms with Gasteiger partial charge in [-0.1, -0.05) is 15.9 Å². The highest BCUT2D eigenvalue weighted by Crippen LogP contribution is 2.31. The van der Waals surface area contributed by atoms with Crippen LogP contribution < -0.4 is 5.32 Å². The third kappa shape index (κ3) is 4.30. The van der Waals surface area contributed by atoms with Crippen molar-refractivity contribution in [2.75, 3.05) is 0 Å². The molecule has 7 heteroatoms. The van der Waals surface area contributed by atoms with Gasteiger partial charge in [0.05, 0.1) is 5.56 Å². The largest absolute Gasteiger partial charge is 0.480 e. The molecule has 1 aromatic rings. The van der Waals surface area contributed by atoms with Crippen LogP contribution in [-0.2, 0) is 17.5 Å². The van der Waals surface area contributed by atoms with Crippen molar-refractivity contribution >= 4 is 21.9 Å². The summed E-state index contributed by atoms with van der Waals surface area (Å²) in [4.78, 5) is 10.6. The molecule has 0 bridgehead atoms. The molecule has 18 heavy (non-hydrogen) atoms. The summed E-state index contributed by atoms with van der Waals surface area (Å²) in [7, 11) is 0. The summed E-state index contributed by atoms with van der Waals surface area (Å²) < 4.78 is 37.9. The molecule has 0 radical (unpaired) electrons. The fourth-order valence-corrected chi connectivity index (χ4v) is 1.82. The highest BCUT2D eigenvalue weighted by molar-refractivity contribution is 9.10. The van der Waals surface area contributed by atoms with Crippen LogP contribution in [-0.4, -0.2) is 17.1 Å². The van der Waals surface area contributed by atoms with E-state index >= 15 is 0 Å². The molecule has 1 rings (SSSR count). The van der Waals surface area contributed by atoms with Gasteiger partial charge in [0.2, 0.25) is 0 Å². The predicted octanol–water partition coefficient (Wildman–Crippen LogP) is 3.03. The van der Waals surface area contributed by atoms with E-state index in [1.54, 1.807) is 0 Å². The second-order valence-electron chi connectivity index (χ2n) is 3.79. The first-order valence-electron chi connectivity index (χ1n) is 5.03. The van der Waals surface area contributed by atoms with Crippen molar-refractivity contribution in [2.45, 2.75) is 25.7 Å². The molecule has 0 saturated carbocycles. The average molecular weight is 326 g/mol. The number of aliphatic carboxylic acids is 1. The quantitative estimate of drug-likeness (QED) is 0.894. The molecular weight excluding hydrogens is 315 g/mol. The molecular formula is C11H11BrF3NO2. The van der Waals surface area contributed by atoms with Crippen LogP contribution in [0.4, 0.5) is 13.2 Å². The van der Waals surface area contributed by atoms with E-state index < -0.39 is 23.8 Å². The molecule has 0 fully saturated rings. The third-order valence-corrected chi connectivity index (χ3v) is 2.73. The Kier molecular flexibility index (Phi) is 4.75. The standard InChI is InChI=1S/C11H11BrF3NO2/c1-6(10(17)18)16-5-7-2-8(11(13,14)15)4-9(12)3-7/h2-4,6,16H,5H2,1H3,(H,17,18). The summed E-state index contributed by atoms with van der Waals surface area (Å²) in [5.41, 5.74) is -0.401. The molecule has 100 valence electrons. The van der Waals surface area contributed by atoms with Gasteiger partial charge in [-0.2, -0.15) is 13.2 Å². The topological polar surface area (TPSA) is 49.3 Å². The van der Waals surface area contributed by atoms with E-state index in [4.69, 9.17) is 5.11 Å². The van der Waals surface area contributed by atoms with Crippen molar-refractivity contribution < 1.29 is 23.1 Å². The molecule has 1 unspecified atom stereocenters. The Balaban J connectivity index is 2.84. The van der Waals surface area contributed by atoms with Crippen LogP contribution in [0.2, 0.25) is 0 Å². The molecule has 0 aliphatic heterocycles. The lowest BCUT2D eigenvalue weighted by Gasteiger charge is -2.12. The molecule has 0 heterocycles. The van der Waals surface area contributed by atoms with Gasteiger partial charge in [0, 0.05) is 11.0 Å². The maximum absolute atomic E-state index is 12.5. The maximum atomic E-state index is 12.5. The number of rotatable bonds is 4. The third-order valence-electron chi connectivity index (χ3n) is 2.27. The van der Waals surface area contributed by atoms with Gasteiger partial charge in [-0.3, -0.25) is 4.79 Å². The highest BCUT2D eigenvalue weighted by Gasteiger charge is 2.31. The zero-order valence-electron chi connectivity index (χ0n) is 9.38. The van der Waals surface area contributed by atoms with Crippen LogP contribution in [0, 0.1) is 0 Å². The molecule has 2 N–H and O–H groups in total. The summed E-state index contributed by atoms with van der Waals surface area (Å²) in [5.74, 6) is -1.05. The minimum absolute atomic E-state index is 0.0516. The van der Waals surface area contributed by atoms with Crippen molar-refractivity contribution in [3.05, 3.63) is 33.8 Å². The second kappa shape index (κ2) is 5.71. The summed E-state index contributed by atoms with van der Waals surface area (Å²) >= 11 is 3.00. The Morgan fingerprint density at radius 3 is 2.56 bits per heavy atom. The van der Waals surface area contributed by atoms with Crippen LogP contribution in [0.1, 0.15) is 18.1 Å². The fraction of sp³-hybridized carbons (Fsp3) is 0.364. The Morgan fingerprint density at radius 2 is 2.06 bits per heavy atom. The number of alkyl halides is 3. The van der Waals surface area contributed by atoms with Gasteiger partial charge in [0.1, 0.15) is 6.04 Å². The summed E-state index contributed by atoms with van der Waals surface area (Å²) in [6.07, 6.45) is -4.42. The highest BCUT2D eigenvalue weighted by atomic mass is 79.9. The second-order valence-corrected chi connectivity index (χ2v) is 4.70. The maximum Gasteiger partial charge on any atom is 0.416 e. The Bertz CT molecular complexity index is 448. The number of hydrogen-bond acceptors (Lipinski definition) is 2. The zero-order valence-corrected chi connectivity index (χ0v) is 11.0. The minimum Gasteiger partial charge on any atom is -0.480 e. The van der Waals surface area contributed by atoms with E-state index in [1.165, 1.54) is 13.0 Å². The van der Waals surface area contributed by atoms with Gasteiger partial charge in [0.25, 0.3) is 0 Å². The lowest BCUT2D eigenvalue weighted by atomic mass is 10.1. The number of nitrogens with one attached hydrogen (secondary N) is 1. The van der Waals surface area contributed by atoms with Gasteiger partial charge >= 0.3 is 12.1 Å². The first-order chi connectivity index (χ1) is 8.20. The molecule has 3 nitrogen and oxygen atoms in total. The van der Waals surface area contributed by atoms with E-state index in [2.05, 4.69) is 21.2 Å². The zero-order chi connectivity index (χ0) is 13.9. The van der Waals surface area contributed by atoms with Crippen LogP contribution in [0.25, 0.3) is 0 Å². The van der Waals surface area contributed by atoms with Crippen LogP contribution in [0.3, 0.4) is 0 Å². The number of halogens is 4. The SMILES string of the molecule is CC(NCc1cc(Br)cc(C(F)(F)F)c1)C(=O)O.